The van der Waals surface area contributed by atoms with Crippen molar-refractivity contribution in [1.29, 1.82) is 0 Å². The maximum atomic E-state index is 9.25. The van der Waals surface area contributed by atoms with E-state index in [0.29, 0.717) is 6.42 Å². The highest BCUT2D eigenvalue weighted by Gasteiger charge is 2.24. The second kappa shape index (κ2) is 13.6. The van der Waals surface area contributed by atoms with Crippen LogP contribution in [0.2, 0.25) is 0 Å². The van der Waals surface area contributed by atoms with Gasteiger partial charge in [0.2, 0.25) is 0 Å². The zero-order valence-corrected chi connectivity index (χ0v) is 10.7. The lowest BCUT2D eigenvalue weighted by Crippen LogP contribution is -2.32. The summed E-state index contributed by atoms with van der Waals surface area (Å²) in [5, 5.41) is 41.0. The van der Waals surface area contributed by atoms with Gasteiger partial charge in [0.25, 0.3) is 5.97 Å². The minimum atomic E-state index is -0.981. The number of carboxylic acids is 2. The molecule has 0 aliphatic rings. The normalized spacial score (nSPS) is 9.17. The van der Waals surface area contributed by atoms with E-state index in [1.54, 1.807) is 0 Å². The molecule has 0 saturated heterocycles. The van der Waals surface area contributed by atoms with Crippen molar-refractivity contribution in [3.63, 3.8) is 0 Å². The lowest BCUT2D eigenvalue weighted by atomic mass is 9.88. The van der Waals surface area contributed by atoms with Crippen LogP contribution in [-0.2, 0) is 9.59 Å². The van der Waals surface area contributed by atoms with Gasteiger partial charge in [-0.25, -0.2) is 4.79 Å². The Balaban J connectivity index is -0.000000212. The molecule has 108 valence electrons. The molecule has 0 radical (unpaired) electrons. The van der Waals surface area contributed by atoms with Crippen molar-refractivity contribution in [3.05, 3.63) is 12.7 Å². The largest absolute Gasteiger partial charge is 0.481 e. The van der Waals surface area contributed by atoms with Gasteiger partial charge in [0, 0.05) is 18.4 Å². The minimum absolute atomic E-state index is 0.156. The Morgan fingerprint density at radius 2 is 1.33 bits per heavy atom. The Kier molecular flexibility index (Phi) is 16.5. The first-order valence-electron chi connectivity index (χ1n) is 5.12. The second-order valence-electron chi connectivity index (χ2n) is 3.39. The monoisotopic (exact) mass is 266 g/mol. The molecule has 0 atom stereocenters. The molecule has 0 aromatic heterocycles. The van der Waals surface area contributed by atoms with E-state index in [1.807, 2.05) is 6.92 Å². The summed E-state index contributed by atoms with van der Waals surface area (Å²) in [7, 11) is 0. The molecule has 0 saturated carbocycles. The van der Waals surface area contributed by atoms with Crippen molar-refractivity contribution < 1.29 is 35.1 Å². The van der Waals surface area contributed by atoms with Gasteiger partial charge in [0.15, 0.2) is 0 Å². The van der Waals surface area contributed by atoms with Gasteiger partial charge in [-0.3, -0.25) is 4.79 Å². The average molecular weight is 266 g/mol. The maximum absolute atomic E-state index is 9.25. The number of aliphatic hydroxyl groups is 3. The van der Waals surface area contributed by atoms with Gasteiger partial charge >= 0.3 is 5.97 Å². The predicted molar refractivity (Wildman–Crippen MR) is 65.1 cm³/mol. The number of carboxylic acid groups (broad SMARTS) is 2. The molecule has 5 N–H and O–H groups in total. The number of carbonyl (C=O) groups is 2. The van der Waals surface area contributed by atoms with Crippen LogP contribution < -0.4 is 0 Å². The quantitative estimate of drug-likeness (QED) is 0.431. The Morgan fingerprint density at radius 1 is 1.11 bits per heavy atom. The smallest absolute Gasteiger partial charge is 0.327 e. The fourth-order valence-electron chi connectivity index (χ4n) is 0.485. The van der Waals surface area contributed by atoms with Crippen LogP contribution in [0.4, 0.5) is 0 Å². The van der Waals surface area contributed by atoms with Gasteiger partial charge in [0.1, 0.15) is 0 Å². The van der Waals surface area contributed by atoms with Crippen molar-refractivity contribution in [2.24, 2.45) is 5.41 Å². The first kappa shape index (κ1) is 21.8. The highest BCUT2D eigenvalue weighted by Crippen LogP contribution is 2.18. The van der Waals surface area contributed by atoms with Crippen LogP contribution in [0, 0.1) is 5.41 Å². The molecule has 18 heavy (non-hydrogen) atoms. The molecular formula is C11H22O7. The molecule has 7 heteroatoms. The Labute approximate surface area is 106 Å². The molecule has 0 amide bonds. The molecule has 7 nitrogen and oxygen atoms in total. The summed E-state index contributed by atoms with van der Waals surface area (Å²) in [5.74, 6) is -1.81. The van der Waals surface area contributed by atoms with Gasteiger partial charge in [-0.1, -0.05) is 13.5 Å². The van der Waals surface area contributed by atoms with Gasteiger partial charge in [-0.2, -0.15) is 0 Å². The summed E-state index contributed by atoms with van der Waals surface area (Å²) in [6, 6.07) is 0. The molecule has 0 aromatic carbocycles. The highest BCUT2D eigenvalue weighted by atomic mass is 16.4. The topological polar surface area (TPSA) is 135 Å². The molecule has 0 heterocycles. The van der Waals surface area contributed by atoms with Crippen molar-refractivity contribution in [3.8, 4) is 0 Å². The van der Waals surface area contributed by atoms with Crippen LogP contribution >= 0.6 is 0 Å². The summed E-state index contributed by atoms with van der Waals surface area (Å²) in [4.78, 5) is 18.2. The second-order valence-corrected chi connectivity index (χ2v) is 3.39. The summed E-state index contributed by atoms with van der Waals surface area (Å²) < 4.78 is 0. The zero-order valence-electron chi connectivity index (χ0n) is 10.7. The van der Waals surface area contributed by atoms with Crippen LogP contribution in [0.1, 0.15) is 20.3 Å². The van der Waals surface area contributed by atoms with E-state index in [1.165, 1.54) is 0 Å². The van der Waals surface area contributed by atoms with Crippen molar-refractivity contribution >= 4 is 11.9 Å². The lowest BCUT2D eigenvalue weighted by Gasteiger charge is -2.24. The first-order valence-corrected chi connectivity index (χ1v) is 5.12. The molecule has 0 fully saturated rings. The van der Waals surface area contributed by atoms with Gasteiger partial charge in [-0.15, -0.1) is 0 Å². The van der Waals surface area contributed by atoms with Crippen molar-refractivity contribution in [2.75, 3.05) is 19.8 Å². The van der Waals surface area contributed by atoms with Crippen LogP contribution in [0.5, 0.6) is 0 Å². The van der Waals surface area contributed by atoms with Crippen LogP contribution in [0.3, 0.4) is 0 Å². The number of aliphatic hydroxyl groups excluding tert-OH is 3. The predicted octanol–water partition coefficient (Wildman–Crippen LogP) is -0.292. The Morgan fingerprint density at radius 3 is 1.33 bits per heavy atom. The fourth-order valence-corrected chi connectivity index (χ4v) is 0.485. The van der Waals surface area contributed by atoms with E-state index in [9.17, 15) is 4.79 Å². The summed E-state index contributed by atoms with van der Waals surface area (Å²) in [6.45, 7) is 5.40. The molecule has 0 aromatic rings. The summed E-state index contributed by atoms with van der Waals surface area (Å²) >= 11 is 0. The highest BCUT2D eigenvalue weighted by molar-refractivity contribution is 5.78. The van der Waals surface area contributed by atoms with E-state index in [2.05, 4.69) is 6.58 Å². The van der Waals surface area contributed by atoms with Gasteiger partial charge < -0.3 is 25.5 Å². The summed E-state index contributed by atoms with van der Waals surface area (Å²) in [6.07, 6.45) is 1.43. The SMILES string of the molecule is C=CC(=O)O.CC(=O)O.CCC(CO)(CO)CO. The van der Waals surface area contributed by atoms with Gasteiger partial charge in [0.05, 0.1) is 19.8 Å². The minimum Gasteiger partial charge on any atom is -0.481 e. The molecule has 0 aliphatic heterocycles. The number of aliphatic carboxylic acids is 2. The number of rotatable bonds is 5. The van der Waals surface area contributed by atoms with E-state index in [4.69, 9.17) is 30.3 Å². The fraction of sp³-hybridized carbons (Fsp3) is 0.636. The summed E-state index contributed by atoms with van der Waals surface area (Å²) in [5.41, 5.74) is -0.667. The third-order valence-electron chi connectivity index (χ3n) is 1.93. The maximum Gasteiger partial charge on any atom is 0.327 e. The number of hydrogen-bond acceptors (Lipinski definition) is 5. The van der Waals surface area contributed by atoms with E-state index in [-0.39, 0.29) is 19.8 Å². The molecule has 0 unspecified atom stereocenters. The van der Waals surface area contributed by atoms with Crippen molar-refractivity contribution in [1.82, 2.24) is 0 Å². The van der Waals surface area contributed by atoms with Gasteiger partial charge in [-0.05, 0) is 6.42 Å². The Bertz CT molecular complexity index is 212. The molecule has 0 spiro atoms. The van der Waals surface area contributed by atoms with E-state index in [0.717, 1.165) is 13.0 Å². The third-order valence-corrected chi connectivity index (χ3v) is 1.93. The lowest BCUT2D eigenvalue weighted by molar-refractivity contribution is -0.134. The molecular weight excluding hydrogens is 244 g/mol. The first-order chi connectivity index (χ1) is 8.24. The zero-order chi connectivity index (χ0) is 15.2. The van der Waals surface area contributed by atoms with E-state index >= 15 is 0 Å². The van der Waals surface area contributed by atoms with E-state index < -0.39 is 17.4 Å². The molecule has 0 aliphatic carbocycles. The van der Waals surface area contributed by atoms with Crippen LogP contribution in [-0.4, -0.2) is 57.3 Å². The standard InChI is InChI=1S/C6H14O3.C3H4O2.C2H4O2/c1-2-6(3-7,4-8)5-9;1-2-3(4)5;1-2(3)4/h7-9H,2-5H2,1H3;2H,1H2,(H,4,5);1H3,(H,3,4). The number of hydrogen-bond donors (Lipinski definition) is 5. The van der Waals surface area contributed by atoms with Crippen molar-refractivity contribution in [2.45, 2.75) is 20.3 Å². The average Bonchev–Trinajstić information content (AvgIpc) is 2.33. The van der Waals surface area contributed by atoms with Crippen LogP contribution in [0.15, 0.2) is 12.7 Å². The third kappa shape index (κ3) is 17.0. The molecule has 0 bridgehead atoms. The van der Waals surface area contributed by atoms with Crippen LogP contribution in [0.25, 0.3) is 0 Å². The Hall–Kier alpha value is -1.44. The molecule has 0 rings (SSSR count).